The molecule has 0 aliphatic carbocycles. The van der Waals surface area contributed by atoms with Crippen molar-refractivity contribution in [3.63, 3.8) is 0 Å². The van der Waals surface area contributed by atoms with Crippen LogP contribution in [0.4, 0.5) is 4.79 Å². The first-order chi connectivity index (χ1) is 7.30. The SMILES string of the molecule is CC(C)(Cc1cnc(Cl)cc1I)OC(N)=O. The lowest BCUT2D eigenvalue weighted by Crippen LogP contribution is -2.33. The van der Waals surface area contributed by atoms with Crippen molar-refractivity contribution in [1.82, 2.24) is 4.98 Å². The summed E-state index contributed by atoms with van der Waals surface area (Å²) in [6.45, 7) is 3.59. The molecule has 0 aromatic carbocycles. The summed E-state index contributed by atoms with van der Waals surface area (Å²) in [5.41, 5.74) is 5.31. The van der Waals surface area contributed by atoms with Gasteiger partial charge in [-0.2, -0.15) is 0 Å². The van der Waals surface area contributed by atoms with Crippen LogP contribution < -0.4 is 5.73 Å². The van der Waals surface area contributed by atoms with Crippen molar-refractivity contribution in [2.75, 3.05) is 0 Å². The predicted molar refractivity (Wildman–Crippen MR) is 70.4 cm³/mol. The number of halogens is 2. The van der Waals surface area contributed by atoms with Crippen molar-refractivity contribution in [1.29, 1.82) is 0 Å². The molecule has 0 fully saturated rings. The van der Waals surface area contributed by atoms with E-state index in [1.165, 1.54) is 0 Å². The highest BCUT2D eigenvalue weighted by Gasteiger charge is 2.23. The molecular formula is C10H12ClIN2O2. The number of carbonyl (C=O) groups is 1. The molecule has 0 aliphatic rings. The van der Waals surface area contributed by atoms with E-state index in [2.05, 4.69) is 27.6 Å². The normalized spacial score (nSPS) is 11.2. The van der Waals surface area contributed by atoms with Crippen LogP contribution in [-0.2, 0) is 11.2 Å². The zero-order chi connectivity index (χ0) is 12.3. The van der Waals surface area contributed by atoms with E-state index in [1.807, 2.05) is 0 Å². The highest BCUT2D eigenvalue weighted by molar-refractivity contribution is 14.1. The van der Waals surface area contributed by atoms with Gasteiger partial charge >= 0.3 is 6.09 Å². The van der Waals surface area contributed by atoms with Gasteiger partial charge in [0, 0.05) is 16.2 Å². The lowest BCUT2D eigenvalue weighted by Gasteiger charge is -2.24. The minimum Gasteiger partial charge on any atom is -0.443 e. The molecule has 1 heterocycles. The first kappa shape index (κ1) is 13.5. The van der Waals surface area contributed by atoms with Crippen LogP contribution in [0.3, 0.4) is 0 Å². The molecule has 6 heteroatoms. The molecule has 88 valence electrons. The summed E-state index contributed by atoms with van der Waals surface area (Å²) in [7, 11) is 0. The molecule has 0 bridgehead atoms. The first-order valence-electron chi connectivity index (χ1n) is 4.58. The summed E-state index contributed by atoms with van der Waals surface area (Å²) < 4.78 is 5.99. The second kappa shape index (κ2) is 5.18. The standard InChI is InChI=1S/C10H12ClIN2O2/c1-10(2,16-9(13)15)4-6-5-14-8(11)3-7(6)12/h3,5H,4H2,1-2H3,(H2,13,15). The Kier molecular flexibility index (Phi) is 4.37. The molecule has 0 unspecified atom stereocenters. The monoisotopic (exact) mass is 354 g/mol. The lowest BCUT2D eigenvalue weighted by molar-refractivity contribution is 0.0458. The summed E-state index contributed by atoms with van der Waals surface area (Å²) in [4.78, 5) is 14.7. The van der Waals surface area contributed by atoms with Crippen LogP contribution in [0.2, 0.25) is 5.15 Å². The van der Waals surface area contributed by atoms with Crippen molar-refractivity contribution in [2.45, 2.75) is 25.9 Å². The number of pyridine rings is 1. The minimum absolute atomic E-state index is 0.446. The Bertz CT molecular complexity index is 410. The first-order valence-corrected chi connectivity index (χ1v) is 6.04. The molecule has 1 aromatic rings. The average molecular weight is 355 g/mol. The molecular weight excluding hydrogens is 342 g/mol. The fourth-order valence-corrected chi connectivity index (χ4v) is 2.30. The van der Waals surface area contributed by atoms with Crippen molar-refractivity contribution in [2.24, 2.45) is 5.73 Å². The Morgan fingerprint density at radius 2 is 2.31 bits per heavy atom. The van der Waals surface area contributed by atoms with Gasteiger partial charge in [0.2, 0.25) is 0 Å². The topological polar surface area (TPSA) is 65.2 Å². The summed E-state index contributed by atoms with van der Waals surface area (Å²) >= 11 is 7.91. The molecule has 0 radical (unpaired) electrons. The Morgan fingerprint density at radius 3 is 2.81 bits per heavy atom. The van der Waals surface area contributed by atoms with Crippen LogP contribution in [0.1, 0.15) is 19.4 Å². The van der Waals surface area contributed by atoms with Crippen LogP contribution in [0.15, 0.2) is 12.3 Å². The Hall–Kier alpha value is -0.560. The highest BCUT2D eigenvalue weighted by Crippen LogP contribution is 2.22. The van der Waals surface area contributed by atoms with Crippen LogP contribution in [0.5, 0.6) is 0 Å². The van der Waals surface area contributed by atoms with Crippen LogP contribution in [0.25, 0.3) is 0 Å². The van der Waals surface area contributed by atoms with Gasteiger partial charge in [-0.15, -0.1) is 0 Å². The average Bonchev–Trinajstić information content (AvgIpc) is 2.07. The van der Waals surface area contributed by atoms with Crippen LogP contribution in [0, 0.1) is 3.57 Å². The molecule has 1 amide bonds. The highest BCUT2D eigenvalue weighted by atomic mass is 127. The third kappa shape index (κ3) is 4.13. The maximum atomic E-state index is 10.7. The number of nitrogens with two attached hydrogens (primary N) is 1. The van der Waals surface area contributed by atoms with Gasteiger partial charge in [-0.25, -0.2) is 9.78 Å². The van der Waals surface area contributed by atoms with E-state index in [0.29, 0.717) is 11.6 Å². The van der Waals surface area contributed by atoms with Gasteiger partial charge < -0.3 is 10.5 Å². The van der Waals surface area contributed by atoms with Gasteiger partial charge in [0.15, 0.2) is 0 Å². The molecule has 1 rings (SSSR count). The second-order valence-electron chi connectivity index (χ2n) is 3.96. The summed E-state index contributed by atoms with van der Waals surface area (Å²) in [6, 6.07) is 1.76. The van der Waals surface area contributed by atoms with E-state index in [1.54, 1.807) is 26.1 Å². The number of primary amides is 1. The van der Waals surface area contributed by atoms with Crippen molar-refractivity contribution >= 4 is 40.3 Å². The van der Waals surface area contributed by atoms with Gasteiger partial charge in [-0.1, -0.05) is 11.6 Å². The molecule has 2 N–H and O–H groups in total. The summed E-state index contributed by atoms with van der Waals surface area (Å²) in [5.74, 6) is 0. The molecule has 0 saturated heterocycles. The summed E-state index contributed by atoms with van der Waals surface area (Å²) in [5, 5.41) is 0.446. The van der Waals surface area contributed by atoms with Gasteiger partial charge in [0.25, 0.3) is 0 Å². The van der Waals surface area contributed by atoms with Crippen molar-refractivity contribution < 1.29 is 9.53 Å². The number of amides is 1. The van der Waals surface area contributed by atoms with E-state index in [-0.39, 0.29) is 0 Å². The fraction of sp³-hybridized carbons (Fsp3) is 0.400. The molecule has 0 atom stereocenters. The fourth-order valence-electron chi connectivity index (χ4n) is 1.33. The quantitative estimate of drug-likeness (QED) is 0.670. The van der Waals surface area contributed by atoms with E-state index < -0.39 is 11.7 Å². The molecule has 4 nitrogen and oxygen atoms in total. The Balaban J connectivity index is 2.83. The predicted octanol–water partition coefficient (Wildman–Crippen LogP) is 2.76. The number of hydrogen-bond donors (Lipinski definition) is 1. The largest absolute Gasteiger partial charge is 0.443 e. The minimum atomic E-state index is -0.776. The third-order valence-corrected chi connectivity index (χ3v) is 3.10. The molecule has 16 heavy (non-hydrogen) atoms. The molecule has 1 aromatic heterocycles. The molecule has 0 aliphatic heterocycles. The summed E-state index contributed by atoms with van der Waals surface area (Å²) in [6.07, 6.45) is 1.44. The lowest BCUT2D eigenvalue weighted by atomic mass is 10.00. The van der Waals surface area contributed by atoms with Crippen molar-refractivity contribution in [3.05, 3.63) is 26.5 Å². The Labute approximate surface area is 113 Å². The van der Waals surface area contributed by atoms with Crippen molar-refractivity contribution in [3.8, 4) is 0 Å². The second-order valence-corrected chi connectivity index (χ2v) is 5.51. The number of ether oxygens (including phenoxy) is 1. The van der Waals surface area contributed by atoms with Crippen LogP contribution in [-0.4, -0.2) is 16.7 Å². The van der Waals surface area contributed by atoms with Gasteiger partial charge in [0.05, 0.1) is 0 Å². The van der Waals surface area contributed by atoms with E-state index in [4.69, 9.17) is 22.1 Å². The van der Waals surface area contributed by atoms with Gasteiger partial charge in [-0.05, 0) is 48.1 Å². The molecule has 0 spiro atoms. The number of carbonyl (C=O) groups excluding carboxylic acids is 1. The maximum absolute atomic E-state index is 10.7. The smallest absolute Gasteiger partial charge is 0.405 e. The van der Waals surface area contributed by atoms with Gasteiger partial charge in [-0.3, -0.25) is 0 Å². The van der Waals surface area contributed by atoms with E-state index >= 15 is 0 Å². The maximum Gasteiger partial charge on any atom is 0.405 e. The van der Waals surface area contributed by atoms with Crippen LogP contribution >= 0.6 is 34.2 Å². The number of rotatable bonds is 3. The number of aromatic nitrogens is 1. The van der Waals surface area contributed by atoms with Gasteiger partial charge in [0.1, 0.15) is 10.8 Å². The number of nitrogens with zero attached hydrogens (tertiary/aromatic N) is 1. The zero-order valence-corrected chi connectivity index (χ0v) is 11.9. The number of hydrogen-bond acceptors (Lipinski definition) is 3. The Morgan fingerprint density at radius 1 is 1.69 bits per heavy atom. The molecule has 0 saturated carbocycles. The zero-order valence-electron chi connectivity index (χ0n) is 8.96. The van der Waals surface area contributed by atoms with E-state index in [9.17, 15) is 4.79 Å². The third-order valence-electron chi connectivity index (χ3n) is 1.89. The van der Waals surface area contributed by atoms with E-state index in [0.717, 1.165) is 9.13 Å².